The van der Waals surface area contributed by atoms with Gasteiger partial charge in [-0.1, -0.05) is 62.9 Å². The minimum absolute atomic E-state index is 0.122. The molecule has 0 fully saturated rings. The fraction of sp³-hybridized carbons (Fsp3) is 0.625. The van der Waals surface area contributed by atoms with Gasteiger partial charge in [0.25, 0.3) is 10.1 Å². The van der Waals surface area contributed by atoms with Crippen LogP contribution in [0, 0.1) is 0 Å². The topological polar surface area (TPSA) is 54.4 Å². The van der Waals surface area contributed by atoms with Crippen molar-refractivity contribution >= 4 is 10.1 Å². The molecular formula is C16H26O3S. The summed E-state index contributed by atoms with van der Waals surface area (Å²) >= 11 is 0. The summed E-state index contributed by atoms with van der Waals surface area (Å²) in [5.74, 6) is 0.382. The molecule has 1 aromatic rings. The molecule has 1 atom stereocenters. The number of unbranched alkanes of at least 4 members (excludes halogenated alkanes) is 3. The van der Waals surface area contributed by atoms with Gasteiger partial charge in [0.1, 0.15) is 0 Å². The molecule has 0 heterocycles. The maximum Gasteiger partial charge on any atom is 0.264 e. The lowest BCUT2D eigenvalue weighted by Gasteiger charge is -2.17. The molecule has 0 radical (unpaired) electrons. The molecule has 1 N–H and O–H groups in total. The van der Waals surface area contributed by atoms with Crippen molar-refractivity contribution in [3.63, 3.8) is 0 Å². The van der Waals surface area contributed by atoms with Gasteiger partial charge in [-0.3, -0.25) is 4.55 Å². The molecule has 0 aliphatic rings. The van der Waals surface area contributed by atoms with Gasteiger partial charge in [-0.2, -0.15) is 8.42 Å². The van der Waals surface area contributed by atoms with Crippen LogP contribution in [0.5, 0.6) is 0 Å². The van der Waals surface area contributed by atoms with E-state index in [1.165, 1.54) is 24.8 Å². The van der Waals surface area contributed by atoms with Crippen LogP contribution in [0.25, 0.3) is 0 Å². The first-order valence-electron chi connectivity index (χ1n) is 7.53. The summed E-state index contributed by atoms with van der Waals surface area (Å²) < 4.78 is 30.2. The molecule has 0 saturated carbocycles. The maximum absolute atomic E-state index is 10.7. The van der Waals surface area contributed by atoms with E-state index in [0.717, 1.165) is 19.3 Å². The molecule has 114 valence electrons. The Kier molecular flexibility index (Phi) is 7.85. The Hall–Kier alpha value is -0.870. The molecule has 0 saturated heterocycles. The Morgan fingerprint density at radius 1 is 1.00 bits per heavy atom. The van der Waals surface area contributed by atoms with Crippen molar-refractivity contribution < 1.29 is 13.0 Å². The van der Waals surface area contributed by atoms with E-state index in [1.807, 2.05) is 6.07 Å². The first-order chi connectivity index (χ1) is 9.53. The summed E-state index contributed by atoms with van der Waals surface area (Å²) in [5, 5.41) is 0. The van der Waals surface area contributed by atoms with Gasteiger partial charge in [0.2, 0.25) is 0 Å². The van der Waals surface area contributed by atoms with Gasteiger partial charge >= 0.3 is 0 Å². The largest absolute Gasteiger partial charge is 0.286 e. The highest BCUT2D eigenvalue weighted by atomic mass is 32.2. The second-order valence-electron chi connectivity index (χ2n) is 5.39. The third-order valence-electron chi connectivity index (χ3n) is 3.63. The molecule has 4 heteroatoms. The lowest BCUT2D eigenvalue weighted by molar-refractivity contribution is 0.474. The van der Waals surface area contributed by atoms with Crippen LogP contribution < -0.4 is 0 Å². The zero-order valence-corrected chi connectivity index (χ0v) is 13.1. The molecule has 0 amide bonds. The molecule has 1 rings (SSSR count). The van der Waals surface area contributed by atoms with Gasteiger partial charge in [-0.15, -0.1) is 0 Å². The van der Waals surface area contributed by atoms with Crippen LogP contribution in [-0.2, 0) is 10.1 Å². The molecular weight excluding hydrogens is 272 g/mol. The molecule has 1 unspecified atom stereocenters. The van der Waals surface area contributed by atoms with E-state index in [1.54, 1.807) is 0 Å². The average Bonchev–Trinajstić information content (AvgIpc) is 2.41. The van der Waals surface area contributed by atoms with Crippen molar-refractivity contribution in [1.29, 1.82) is 0 Å². The van der Waals surface area contributed by atoms with E-state index < -0.39 is 10.1 Å². The highest BCUT2D eigenvalue weighted by Gasteiger charge is 2.12. The second kappa shape index (κ2) is 9.14. The van der Waals surface area contributed by atoms with Crippen molar-refractivity contribution in [3.05, 3.63) is 35.9 Å². The smallest absolute Gasteiger partial charge is 0.264 e. The van der Waals surface area contributed by atoms with Crippen LogP contribution in [0.3, 0.4) is 0 Å². The minimum Gasteiger partial charge on any atom is -0.286 e. The first-order valence-corrected chi connectivity index (χ1v) is 9.14. The molecule has 0 aliphatic heterocycles. The Bertz CT molecular complexity index is 454. The molecule has 3 nitrogen and oxygen atoms in total. The van der Waals surface area contributed by atoms with E-state index in [0.29, 0.717) is 12.3 Å². The third-order valence-corrected chi connectivity index (χ3v) is 4.44. The molecule has 0 spiro atoms. The Labute approximate surface area is 123 Å². The predicted octanol–water partition coefficient (Wildman–Crippen LogP) is 4.41. The summed E-state index contributed by atoms with van der Waals surface area (Å²) in [4.78, 5) is 0. The van der Waals surface area contributed by atoms with E-state index in [-0.39, 0.29) is 5.75 Å². The molecule has 0 bridgehead atoms. The van der Waals surface area contributed by atoms with Gasteiger partial charge in [-0.05, 0) is 30.7 Å². The Morgan fingerprint density at radius 3 is 2.15 bits per heavy atom. The predicted molar refractivity (Wildman–Crippen MR) is 83.6 cm³/mol. The standard InChI is InChI=1S/C16H26O3S/c1-2-3-5-10-15(16-11-6-4-7-12-16)13-8-9-14-20(17,18)19/h4,6-7,11-12,15H,2-3,5,8-10,13-14H2,1H3,(H,17,18,19). The summed E-state index contributed by atoms with van der Waals surface area (Å²) in [6.07, 6.45) is 7.20. The third kappa shape index (κ3) is 7.65. The van der Waals surface area contributed by atoms with Gasteiger partial charge < -0.3 is 0 Å². The van der Waals surface area contributed by atoms with E-state index in [2.05, 4.69) is 31.2 Å². The maximum atomic E-state index is 10.7. The SMILES string of the molecule is CCCCCC(CCCCS(=O)(=O)O)c1ccccc1. The van der Waals surface area contributed by atoms with Crippen LogP contribution in [0.1, 0.15) is 63.4 Å². The zero-order valence-electron chi connectivity index (χ0n) is 12.3. The number of benzene rings is 1. The lowest BCUT2D eigenvalue weighted by Crippen LogP contribution is -2.05. The van der Waals surface area contributed by atoms with Crippen LogP contribution in [0.2, 0.25) is 0 Å². The molecule has 0 aromatic heterocycles. The molecule has 0 aliphatic carbocycles. The second-order valence-corrected chi connectivity index (χ2v) is 6.96. The highest BCUT2D eigenvalue weighted by Crippen LogP contribution is 2.27. The summed E-state index contributed by atoms with van der Waals surface area (Å²) in [6, 6.07) is 10.4. The summed E-state index contributed by atoms with van der Waals surface area (Å²) in [6.45, 7) is 2.20. The van der Waals surface area contributed by atoms with Gasteiger partial charge in [0, 0.05) is 0 Å². The molecule has 20 heavy (non-hydrogen) atoms. The quantitative estimate of drug-likeness (QED) is 0.514. The Morgan fingerprint density at radius 2 is 1.60 bits per heavy atom. The van der Waals surface area contributed by atoms with Crippen LogP contribution in [0.15, 0.2) is 30.3 Å². The van der Waals surface area contributed by atoms with Gasteiger partial charge in [0.15, 0.2) is 0 Å². The van der Waals surface area contributed by atoms with Crippen molar-refractivity contribution in [1.82, 2.24) is 0 Å². The van der Waals surface area contributed by atoms with Crippen LogP contribution >= 0.6 is 0 Å². The number of rotatable bonds is 10. The van der Waals surface area contributed by atoms with Gasteiger partial charge in [-0.25, -0.2) is 0 Å². The minimum atomic E-state index is -3.81. The Balaban J connectivity index is 2.46. The number of hydrogen-bond acceptors (Lipinski definition) is 2. The molecule has 1 aromatic carbocycles. The van der Waals surface area contributed by atoms with Crippen molar-refractivity contribution in [2.75, 3.05) is 5.75 Å². The summed E-state index contributed by atoms with van der Waals surface area (Å²) in [7, 11) is -3.81. The monoisotopic (exact) mass is 298 g/mol. The van der Waals surface area contributed by atoms with Crippen molar-refractivity contribution in [3.8, 4) is 0 Å². The lowest BCUT2D eigenvalue weighted by atomic mass is 9.89. The number of hydrogen-bond donors (Lipinski definition) is 1. The van der Waals surface area contributed by atoms with Crippen molar-refractivity contribution in [2.45, 2.75) is 57.8 Å². The van der Waals surface area contributed by atoms with Crippen molar-refractivity contribution in [2.24, 2.45) is 0 Å². The van der Waals surface area contributed by atoms with Crippen LogP contribution in [0.4, 0.5) is 0 Å². The highest BCUT2D eigenvalue weighted by molar-refractivity contribution is 7.85. The van der Waals surface area contributed by atoms with E-state index in [4.69, 9.17) is 4.55 Å². The normalized spacial score (nSPS) is 13.3. The van der Waals surface area contributed by atoms with E-state index >= 15 is 0 Å². The zero-order chi connectivity index (χ0) is 14.8. The summed E-state index contributed by atoms with van der Waals surface area (Å²) in [5.41, 5.74) is 1.34. The van der Waals surface area contributed by atoms with E-state index in [9.17, 15) is 8.42 Å². The fourth-order valence-corrected chi connectivity index (χ4v) is 3.09. The average molecular weight is 298 g/mol. The van der Waals surface area contributed by atoms with Gasteiger partial charge in [0.05, 0.1) is 5.75 Å². The first kappa shape index (κ1) is 17.2. The fourth-order valence-electron chi connectivity index (χ4n) is 2.52. The van der Waals surface area contributed by atoms with Crippen LogP contribution in [-0.4, -0.2) is 18.7 Å².